The van der Waals surface area contributed by atoms with E-state index >= 15 is 0 Å². The van der Waals surface area contributed by atoms with Gasteiger partial charge in [0, 0.05) is 0 Å². The Balaban J connectivity index is 1.95. The highest BCUT2D eigenvalue weighted by Crippen LogP contribution is 2.28. The van der Waals surface area contributed by atoms with Gasteiger partial charge in [0.05, 0.1) is 6.61 Å². The summed E-state index contributed by atoms with van der Waals surface area (Å²) in [5, 5.41) is 0. The molecule has 0 amide bonds. The lowest BCUT2D eigenvalue weighted by Crippen LogP contribution is -1.97. The molecule has 4 heteroatoms. The van der Waals surface area contributed by atoms with Crippen LogP contribution in [0.5, 0.6) is 0 Å². The van der Waals surface area contributed by atoms with Gasteiger partial charge in [0.25, 0.3) is 0 Å². The summed E-state index contributed by atoms with van der Waals surface area (Å²) in [6.45, 7) is 0.448. The summed E-state index contributed by atoms with van der Waals surface area (Å²) in [5.41, 5.74) is 0. The van der Waals surface area contributed by atoms with Crippen molar-refractivity contribution in [2.75, 3.05) is 6.61 Å². The predicted octanol–water partition coefficient (Wildman–Crippen LogP) is 0.550. The molecule has 1 aliphatic carbocycles. The van der Waals surface area contributed by atoms with Crippen LogP contribution in [0.25, 0.3) is 0 Å². The quantitative estimate of drug-likeness (QED) is 0.576. The molecule has 0 saturated heterocycles. The van der Waals surface area contributed by atoms with Crippen molar-refractivity contribution in [2.24, 2.45) is 5.92 Å². The molecule has 1 aliphatic rings. The third-order valence-corrected chi connectivity index (χ3v) is 1.44. The standard InChI is InChI=1S/C4H8O3S/c5-8(6)7-3-4-1-2-4/h4H,1-3H2,(H,5,6). The first kappa shape index (κ1) is 6.19. The zero-order valence-corrected chi connectivity index (χ0v) is 5.19. The second-order valence-electron chi connectivity index (χ2n) is 1.95. The van der Waals surface area contributed by atoms with Crippen LogP contribution >= 0.6 is 0 Å². The molecule has 1 unspecified atom stereocenters. The largest absolute Gasteiger partial charge is 0.301 e. The Labute approximate surface area is 50.5 Å². The molecule has 1 N–H and O–H groups in total. The van der Waals surface area contributed by atoms with Crippen molar-refractivity contribution in [2.45, 2.75) is 12.8 Å². The molecule has 1 saturated carbocycles. The van der Waals surface area contributed by atoms with E-state index in [4.69, 9.17) is 4.55 Å². The van der Waals surface area contributed by atoms with E-state index in [1.54, 1.807) is 0 Å². The summed E-state index contributed by atoms with van der Waals surface area (Å²) in [6.07, 6.45) is 2.30. The van der Waals surface area contributed by atoms with Crippen molar-refractivity contribution >= 4 is 11.4 Å². The maximum atomic E-state index is 9.82. The van der Waals surface area contributed by atoms with E-state index in [-0.39, 0.29) is 0 Å². The molecule has 8 heavy (non-hydrogen) atoms. The highest BCUT2D eigenvalue weighted by molar-refractivity contribution is 7.74. The van der Waals surface area contributed by atoms with E-state index in [1.165, 1.54) is 0 Å². The van der Waals surface area contributed by atoms with Crippen LogP contribution in [0.1, 0.15) is 12.8 Å². The van der Waals surface area contributed by atoms with Crippen LogP contribution in [0.15, 0.2) is 0 Å². The highest BCUT2D eigenvalue weighted by atomic mass is 32.2. The molecule has 0 aliphatic heterocycles. The van der Waals surface area contributed by atoms with Gasteiger partial charge >= 0.3 is 11.4 Å². The highest BCUT2D eigenvalue weighted by Gasteiger charge is 2.21. The lowest BCUT2D eigenvalue weighted by atomic mass is 10.5. The Hall–Kier alpha value is 0.0700. The van der Waals surface area contributed by atoms with Gasteiger partial charge in [0.2, 0.25) is 0 Å². The Kier molecular flexibility index (Phi) is 1.99. The topological polar surface area (TPSA) is 46.5 Å². The smallest absolute Gasteiger partial charge is 0.284 e. The number of hydrogen-bond acceptors (Lipinski definition) is 2. The first-order chi connectivity index (χ1) is 3.79. The SMILES string of the molecule is O=S(O)OCC1CC1. The summed E-state index contributed by atoms with van der Waals surface area (Å²) in [5.74, 6) is 0.561. The second-order valence-corrected chi connectivity index (χ2v) is 2.61. The monoisotopic (exact) mass is 136 g/mol. The fourth-order valence-electron chi connectivity index (χ4n) is 0.439. The molecule has 0 spiro atoms. The van der Waals surface area contributed by atoms with E-state index in [1.807, 2.05) is 0 Å². The van der Waals surface area contributed by atoms with Gasteiger partial charge in [-0.2, -0.15) is 4.21 Å². The first-order valence-corrected chi connectivity index (χ1v) is 3.56. The summed E-state index contributed by atoms with van der Waals surface area (Å²) >= 11 is -2.05. The minimum atomic E-state index is -2.05. The van der Waals surface area contributed by atoms with E-state index in [0.717, 1.165) is 12.8 Å². The first-order valence-electron chi connectivity index (χ1n) is 2.53. The van der Waals surface area contributed by atoms with E-state index in [9.17, 15) is 4.21 Å². The van der Waals surface area contributed by atoms with Crippen LogP contribution in [-0.4, -0.2) is 15.4 Å². The molecule has 0 aromatic heterocycles. The van der Waals surface area contributed by atoms with Crippen LogP contribution in [-0.2, 0) is 15.5 Å². The van der Waals surface area contributed by atoms with Gasteiger partial charge in [-0.05, 0) is 18.8 Å². The van der Waals surface area contributed by atoms with Crippen molar-refractivity contribution in [1.82, 2.24) is 0 Å². The van der Waals surface area contributed by atoms with Gasteiger partial charge in [0.1, 0.15) is 0 Å². The predicted molar refractivity (Wildman–Crippen MR) is 29.4 cm³/mol. The molecule has 0 aromatic carbocycles. The van der Waals surface area contributed by atoms with Crippen LogP contribution in [0.2, 0.25) is 0 Å². The van der Waals surface area contributed by atoms with Crippen molar-refractivity contribution in [3.05, 3.63) is 0 Å². The van der Waals surface area contributed by atoms with Crippen LogP contribution in [0.3, 0.4) is 0 Å². The molecule has 1 atom stereocenters. The van der Waals surface area contributed by atoms with Gasteiger partial charge in [-0.1, -0.05) is 0 Å². The molecule has 0 bridgehead atoms. The zero-order valence-electron chi connectivity index (χ0n) is 4.37. The van der Waals surface area contributed by atoms with Crippen molar-refractivity contribution in [3.63, 3.8) is 0 Å². The van der Waals surface area contributed by atoms with Gasteiger partial charge < -0.3 is 0 Å². The lowest BCUT2D eigenvalue weighted by Gasteiger charge is -1.91. The zero-order chi connectivity index (χ0) is 5.98. The Morgan fingerprint density at radius 2 is 2.38 bits per heavy atom. The summed E-state index contributed by atoms with van der Waals surface area (Å²) in [6, 6.07) is 0. The summed E-state index contributed by atoms with van der Waals surface area (Å²) in [7, 11) is 0. The fourth-order valence-corrected chi connectivity index (χ4v) is 0.748. The molecular weight excluding hydrogens is 128 g/mol. The average Bonchev–Trinajstić information content (AvgIpc) is 2.41. The van der Waals surface area contributed by atoms with Crippen LogP contribution in [0, 0.1) is 5.92 Å². The maximum Gasteiger partial charge on any atom is 0.301 e. The molecule has 48 valence electrons. The maximum absolute atomic E-state index is 9.82. The molecule has 0 aromatic rings. The summed E-state index contributed by atoms with van der Waals surface area (Å²) < 4.78 is 22.3. The van der Waals surface area contributed by atoms with Gasteiger partial charge in [-0.25, -0.2) is 0 Å². The normalized spacial score (nSPS) is 23.1. The molecule has 3 nitrogen and oxygen atoms in total. The molecule has 0 radical (unpaired) electrons. The van der Waals surface area contributed by atoms with Crippen molar-refractivity contribution in [1.29, 1.82) is 0 Å². The van der Waals surface area contributed by atoms with Gasteiger partial charge in [-0.15, -0.1) is 0 Å². The Bertz CT molecular complexity index is 99.5. The molecular formula is C4H8O3S. The van der Waals surface area contributed by atoms with E-state index in [2.05, 4.69) is 4.18 Å². The molecule has 0 heterocycles. The lowest BCUT2D eigenvalue weighted by molar-refractivity contribution is 0.292. The van der Waals surface area contributed by atoms with Crippen molar-refractivity contribution < 1.29 is 12.9 Å². The number of hydrogen-bond donors (Lipinski definition) is 1. The van der Waals surface area contributed by atoms with E-state index in [0.29, 0.717) is 12.5 Å². The third-order valence-electron chi connectivity index (χ3n) is 1.10. The van der Waals surface area contributed by atoms with E-state index < -0.39 is 11.4 Å². The van der Waals surface area contributed by atoms with Crippen LogP contribution in [0.4, 0.5) is 0 Å². The third kappa shape index (κ3) is 2.40. The minimum Gasteiger partial charge on any atom is -0.284 e. The molecule has 1 rings (SSSR count). The summed E-state index contributed by atoms with van der Waals surface area (Å²) in [4.78, 5) is 0. The number of rotatable bonds is 3. The van der Waals surface area contributed by atoms with Crippen LogP contribution < -0.4 is 0 Å². The average molecular weight is 136 g/mol. The minimum absolute atomic E-state index is 0.448. The van der Waals surface area contributed by atoms with Gasteiger partial charge in [0.15, 0.2) is 0 Å². The van der Waals surface area contributed by atoms with Crippen molar-refractivity contribution in [3.8, 4) is 0 Å². The molecule has 1 fully saturated rings. The second kappa shape index (κ2) is 2.57. The Morgan fingerprint density at radius 3 is 2.75 bits per heavy atom. The van der Waals surface area contributed by atoms with Gasteiger partial charge in [-0.3, -0.25) is 8.74 Å². The fraction of sp³-hybridized carbons (Fsp3) is 1.00. The Morgan fingerprint density at radius 1 is 1.75 bits per heavy atom.